The van der Waals surface area contributed by atoms with Crippen LogP contribution in [0.15, 0.2) is 0 Å². The van der Waals surface area contributed by atoms with Crippen LogP contribution in [-0.2, 0) is 0 Å². The van der Waals surface area contributed by atoms with Gasteiger partial charge < -0.3 is 0 Å². The monoisotopic (exact) mass is 156 g/mol. The van der Waals surface area contributed by atoms with Crippen LogP contribution in [-0.4, -0.2) is 8.07 Å². The molecule has 1 aliphatic rings. The zero-order valence-electron chi connectivity index (χ0n) is 7.78. The van der Waals surface area contributed by atoms with Crippen LogP contribution in [0.2, 0.25) is 24.2 Å². The van der Waals surface area contributed by atoms with Crippen molar-refractivity contribution >= 4 is 8.07 Å². The second-order valence-electron chi connectivity index (χ2n) is 4.55. The Hall–Kier alpha value is 0.217. The average molecular weight is 156 g/mol. The van der Waals surface area contributed by atoms with Gasteiger partial charge in [-0.2, -0.15) is 0 Å². The minimum Gasteiger partial charge on any atom is -0.0690 e. The van der Waals surface area contributed by atoms with Gasteiger partial charge in [0.25, 0.3) is 0 Å². The van der Waals surface area contributed by atoms with Gasteiger partial charge in [-0.05, 0) is 11.1 Å². The molecule has 0 N–H and O–H groups in total. The first-order valence-corrected chi connectivity index (χ1v) is 7.70. The first kappa shape index (κ1) is 8.31. The third kappa shape index (κ3) is 1.29. The molecule has 0 aliphatic carbocycles. The van der Waals surface area contributed by atoms with Gasteiger partial charge in [0.2, 0.25) is 0 Å². The number of hydrogen-bond acceptors (Lipinski definition) is 0. The SMILES string of the molecule is CC1CCC[C@@H](C)[Si]1(C)C. The van der Waals surface area contributed by atoms with Crippen molar-refractivity contribution in [3.05, 3.63) is 0 Å². The summed E-state index contributed by atoms with van der Waals surface area (Å²) < 4.78 is 0. The van der Waals surface area contributed by atoms with Gasteiger partial charge in [0.1, 0.15) is 0 Å². The topological polar surface area (TPSA) is 0 Å². The molecule has 1 unspecified atom stereocenters. The molecule has 0 spiro atoms. The maximum absolute atomic E-state index is 2.56. The third-order valence-electron chi connectivity index (χ3n) is 3.81. The number of hydrogen-bond donors (Lipinski definition) is 0. The molecule has 1 fully saturated rings. The van der Waals surface area contributed by atoms with Crippen LogP contribution in [0.3, 0.4) is 0 Å². The zero-order valence-corrected chi connectivity index (χ0v) is 8.78. The largest absolute Gasteiger partial charge is 0.0690 e. The van der Waals surface area contributed by atoms with Crippen molar-refractivity contribution in [1.82, 2.24) is 0 Å². The predicted octanol–water partition coefficient (Wildman–Crippen LogP) is 3.66. The van der Waals surface area contributed by atoms with E-state index in [-0.39, 0.29) is 0 Å². The first-order valence-electron chi connectivity index (χ1n) is 4.55. The van der Waals surface area contributed by atoms with E-state index < -0.39 is 8.07 Å². The second kappa shape index (κ2) is 2.69. The van der Waals surface area contributed by atoms with Gasteiger partial charge in [-0.1, -0.05) is 46.2 Å². The molecule has 0 bridgehead atoms. The van der Waals surface area contributed by atoms with Crippen molar-refractivity contribution in [2.24, 2.45) is 0 Å². The van der Waals surface area contributed by atoms with Crippen molar-refractivity contribution in [1.29, 1.82) is 0 Å². The van der Waals surface area contributed by atoms with Gasteiger partial charge >= 0.3 is 0 Å². The predicted molar refractivity (Wildman–Crippen MR) is 50.2 cm³/mol. The highest BCUT2D eigenvalue weighted by atomic mass is 28.3. The minimum atomic E-state index is -0.797. The highest BCUT2D eigenvalue weighted by molar-refractivity contribution is 6.80. The summed E-state index contributed by atoms with van der Waals surface area (Å²) in [5, 5.41) is 0. The van der Waals surface area contributed by atoms with Gasteiger partial charge in [0.05, 0.1) is 8.07 Å². The molecule has 0 aromatic rings. The lowest BCUT2D eigenvalue weighted by Gasteiger charge is -2.40. The van der Waals surface area contributed by atoms with Crippen LogP contribution >= 0.6 is 0 Å². The molecule has 1 saturated heterocycles. The maximum Gasteiger partial charge on any atom is 0.0530 e. The Morgan fingerprint density at radius 2 is 1.40 bits per heavy atom. The van der Waals surface area contributed by atoms with Crippen molar-refractivity contribution in [2.75, 3.05) is 0 Å². The second-order valence-corrected chi connectivity index (χ2v) is 10.2. The molecule has 1 rings (SSSR count). The standard InChI is InChI=1S/C9H20Si/c1-8-6-5-7-9(2)10(8,3)4/h8-9H,5-7H2,1-4H3/t8-,9?/m1/s1. The first-order chi connectivity index (χ1) is 4.55. The molecule has 1 aliphatic heterocycles. The highest BCUT2D eigenvalue weighted by Crippen LogP contribution is 2.43. The Morgan fingerprint density at radius 3 is 1.70 bits per heavy atom. The smallest absolute Gasteiger partial charge is 0.0530 e. The Bertz CT molecular complexity index is 106. The Labute approximate surface area is 66.0 Å². The van der Waals surface area contributed by atoms with Gasteiger partial charge in [-0.25, -0.2) is 0 Å². The third-order valence-corrected chi connectivity index (χ3v) is 9.47. The summed E-state index contributed by atoms with van der Waals surface area (Å²) in [6.07, 6.45) is 4.49. The highest BCUT2D eigenvalue weighted by Gasteiger charge is 2.36. The lowest BCUT2D eigenvalue weighted by molar-refractivity contribution is 0.577. The summed E-state index contributed by atoms with van der Waals surface area (Å²) in [4.78, 5) is 0. The zero-order chi connectivity index (χ0) is 7.78. The van der Waals surface area contributed by atoms with Crippen LogP contribution < -0.4 is 0 Å². The summed E-state index contributed by atoms with van der Waals surface area (Å²) in [7, 11) is -0.797. The minimum absolute atomic E-state index is 0.797. The molecule has 0 aromatic heterocycles. The van der Waals surface area contributed by atoms with E-state index in [1.165, 1.54) is 19.3 Å². The maximum atomic E-state index is 2.56. The summed E-state index contributed by atoms with van der Waals surface area (Å²) in [5.74, 6) is 0. The molecule has 1 heterocycles. The molecule has 60 valence electrons. The van der Waals surface area contributed by atoms with Crippen LogP contribution in [0.1, 0.15) is 33.1 Å². The fraction of sp³-hybridized carbons (Fsp3) is 1.00. The molecule has 0 saturated carbocycles. The van der Waals surface area contributed by atoms with E-state index in [4.69, 9.17) is 0 Å². The number of rotatable bonds is 0. The fourth-order valence-electron chi connectivity index (χ4n) is 1.96. The molecule has 0 amide bonds. The summed E-state index contributed by atoms with van der Waals surface area (Å²) in [5.41, 5.74) is 2.13. The van der Waals surface area contributed by atoms with Gasteiger partial charge in [0.15, 0.2) is 0 Å². The van der Waals surface area contributed by atoms with Crippen LogP contribution in [0.4, 0.5) is 0 Å². The van der Waals surface area contributed by atoms with Crippen molar-refractivity contribution in [2.45, 2.75) is 57.3 Å². The molecule has 10 heavy (non-hydrogen) atoms. The van der Waals surface area contributed by atoms with Crippen LogP contribution in [0.25, 0.3) is 0 Å². The van der Waals surface area contributed by atoms with Gasteiger partial charge in [-0.3, -0.25) is 0 Å². The lowest BCUT2D eigenvalue weighted by Crippen LogP contribution is -2.38. The molecule has 0 aromatic carbocycles. The Balaban J connectivity index is 2.63. The van der Waals surface area contributed by atoms with Crippen LogP contribution in [0.5, 0.6) is 0 Å². The van der Waals surface area contributed by atoms with E-state index in [1.807, 2.05) is 0 Å². The van der Waals surface area contributed by atoms with Gasteiger partial charge in [0, 0.05) is 0 Å². The lowest BCUT2D eigenvalue weighted by atomic mass is 10.1. The summed E-state index contributed by atoms with van der Waals surface area (Å²) in [6.45, 7) is 10.0. The molecular weight excluding hydrogens is 136 g/mol. The molecule has 0 nitrogen and oxygen atoms in total. The fourth-order valence-corrected chi connectivity index (χ4v) is 4.83. The van der Waals surface area contributed by atoms with E-state index >= 15 is 0 Å². The van der Waals surface area contributed by atoms with Crippen molar-refractivity contribution < 1.29 is 0 Å². The van der Waals surface area contributed by atoms with Gasteiger partial charge in [-0.15, -0.1) is 0 Å². The Morgan fingerprint density at radius 1 is 1.00 bits per heavy atom. The molecule has 2 atom stereocenters. The summed E-state index contributed by atoms with van der Waals surface area (Å²) in [6, 6.07) is 0. The van der Waals surface area contributed by atoms with E-state index in [0.717, 1.165) is 11.1 Å². The molecular formula is C9H20Si. The van der Waals surface area contributed by atoms with E-state index in [2.05, 4.69) is 26.9 Å². The quantitative estimate of drug-likeness (QED) is 0.470. The average Bonchev–Trinajstić information content (AvgIpc) is 1.84. The van der Waals surface area contributed by atoms with Crippen molar-refractivity contribution in [3.8, 4) is 0 Å². The molecule has 0 radical (unpaired) electrons. The van der Waals surface area contributed by atoms with Crippen LogP contribution in [0, 0.1) is 0 Å². The van der Waals surface area contributed by atoms with E-state index in [0.29, 0.717) is 0 Å². The summed E-state index contributed by atoms with van der Waals surface area (Å²) >= 11 is 0. The molecule has 1 heteroatoms. The van der Waals surface area contributed by atoms with Crippen molar-refractivity contribution in [3.63, 3.8) is 0 Å². The normalized spacial score (nSPS) is 39.6. The van der Waals surface area contributed by atoms with E-state index in [1.54, 1.807) is 0 Å². The van der Waals surface area contributed by atoms with E-state index in [9.17, 15) is 0 Å². The Kier molecular flexibility index (Phi) is 2.23.